The lowest BCUT2D eigenvalue weighted by Crippen LogP contribution is -2.18. The Morgan fingerprint density at radius 3 is 2.50 bits per heavy atom. The average Bonchev–Trinajstić information content (AvgIpc) is 3.00. The molecule has 0 radical (unpaired) electrons. The van der Waals surface area contributed by atoms with Gasteiger partial charge in [0.05, 0.1) is 12.3 Å². The van der Waals surface area contributed by atoms with Crippen molar-refractivity contribution in [3.63, 3.8) is 0 Å². The molecule has 0 saturated heterocycles. The fourth-order valence-electron chi connectivity index (χ4n) is 2.09. The number of ether oxygens (including phenoxy) is 1. The summed E-state index contributed by atoms with van der Waals surface area (Å²) in [5.74, 6) is -0.707. The molecule has 0 aliphatic carbocycles. The van der Waals surface area contributed by atoms with Gasteiger partial charge in [0, 0.05) is 10.6 Å². The van der Waals surface area contributed by atoms with Crippen LogP contribution in [0.4, 0.5) is 5.69 Å². The number of carbonyl (C=O) groups is 1. The highest BCUT2D eigenvalue weighted by molar-refractivity contribution is 7.98. The molecule has 130 valence electrons. The van der Waals surface area contributed by atoms with E-state index in [9.17, 15) is 13.2 Å². The van der Waals surface area contributed by atoms with Crippen LogP contribution in [-0.2, 0) is 21.2 Å². The van der Waals surface area contributed by atoms with E-state index in [1.807, 2.05) is 6.26 Å². The van der Waals surface area contributed by atoms with Crippen LogP contribution in [0.15, 0.2) is 34.2 Å². The Hall–Kier alpha value is -2.00. The Kier molecular flexibility index (Phi) is 5.89. The molecule has 0 amide bonds. The molecular formula is C15H19N3O4S2. The number of esters is 1. The number of benzene rings is 1. The summed E-state index contributed by atoms with van der Waals surface area (Å²) in [5.41, 5.74) is 0.766. The molecule has 0 saturated carbocycles. The van der Waals surface area contributed by atoms with E-state index in [1.165, 1.54) is 0 Å². The molecule has 2 rings (SSSR count). The summed E-state index contributed by atoms with van der Waals surface area (Å²) in [6.07, 6.45) is 2.36. The van der Waals surface area contributed by atoms with Gasteiger partial charge in [-0.15, -0.1) is 11.8 Å². The number of rotatable bonds is 7. The van der Waals surface area contributed by atoms with Gasteiger partial charge in [0.2, 0.25) is 5.03 Å². The van der Waals surface area contributed by atoms with Gasteiger partial charge in [0.25, 0.3) is 10.0 Å². The van der Waals surface area contributed by atoms with Gasteiger partial charge in [0.15, 0.2) is 0 Å². The van der Waals surface area contributed by atoms with Crippen LogP contribution in [0.2, 0.25) is 0 Å². The van der Waals surface area contributed by atoms with Gasteiger partial charge in [-0.3, -0.25) is 9.82 Å². The van der Waals surface area contributed by atoms with Crippen molar-refractivity contribution in [2.24, 2.45) is 0 Å². The first kappa shape index (κ1) is 18.3. The van der Waals surface area contributed by atoms with Gasteiger partial charge in [-0.2, -0.15) is 13.5 Å². The number of hydrogen-bond acceptors (Lipinski definition) is 6. The summed E-state index contributed by atoms with van der Waals surface area (Å²) in [7, 11) is -4.02. The van der Waals surface area contributed by atoms with Crippen LogP contribution in [0.1, 0.15) is 29.9 Å². The molecule has 0 aliphatic heterocycles. The van der Waals surface area contributed by atoms with Crippen molar-refractivity contribution >= 4 is 33.4 Å². The molecule has 0 spiro atoms. The number of anilines is 1. The monoisotopic (exact) mass is 369 g/mol. The molecule has 0 atom stereocenters. The zero-order valence-electron chi connectivity index (χ0n) is 13.6. The standard InChI is InChI=1S/C15H19N3O4S2/c1-4-12-13(15(19)22-5-2)14(17-16-12)24(20,21)18-10-6-8-11(23-3)9-7-10/h6-9,18H,4-5H2,1-3H3,(H,16,17). The van der Waals surface area contributed by atoms with Crippen molar-refractivity contribution in [1.29, 1.82) is 0 Å². The smallest absolute Gasteiger partial charge is 0.343 e. The molecule has 0 unspecified atom stereocenters. The van der Waals surface area contributed by atoms with Crippen molar-refractivity contribution in [3.8, 4) is 0 Å². The molecule has 0 bridgehead atoms. The van der Waals surface area contributed by atoms with Crippen molar-refractivity contribution in [2.75, 3.05) is 17.6 Å². The van der Waals surface area contributed by atoms with E-state index in [4.69, 9.17) is 4.74 Å². The van der Waals surface area contributed by atoms with Crippen LogP contribution in [0.25, 0.3) is 0 Å². The van der Waals surface area contributed by atoms with Crippen LogP contribution >= 0.6 is 11.8 Å². The summed E-state index contributed by atoms with van der Waals surface area (Å²) in [4.78, 5) is 13.1. The SMILES string of the molecule is CCOC(=O)c1c(S(=O)(=O)Nc2ccc(SC)cc2)n[nH]c1CC. The maximum atomic E-state index is 12.6. The minimum Gasteiger partial charge on any atom is -0.462 e. The number of carbonyl (C=O) groups excluding carboxylic acids is 1. The molecule has 2 aromatic rings. The number of sulfonamides is 1. The molecule has 24 heavy (non-hydrogen) atoms. The van der Waals surface area contributed by atoms with Crippen LogP contribution in [0, 0.1) is 0 Å². The number of aromatic nitrogens is 2. The number of H-pyrrole nitrogens is 1. The topological polar surface area (TPSA) is 101 Å². The van der Waals surface area contributed by atoms with Gasteiger partial charge in [-0.1, -0.05) is 6.92 Å². The van der Waals surface area contributed by atoms with Crippen molar-refractivity contribution in [2.45, 2.75) is 30.2 Å². The first-order chi connectivity index (χ1) is 11.4. The molecular weight excluding hydrogens is 350 g/mol. The Bertz CT molecular complexity index is 814. The maximum absolute atomic E-state index is 12.6. The first-order valence-electron chi connectivity index (χ1n) is 7.34. The third kappa shape index (κ3) is 3.90. The van der Waals surface area contributed by atoms with E-state index in [2.05, 4.69) is 14.9 Å². The van der Waals surface area contributed by atoms with E-state index >= 15 is 0 Å². The summed E-state index contributed by atoms with van der Waals surface area (Å²) < 4.78 is 32.6. The van der Waals surface area contributed by atoms with E-state index in [0.29, 0.717) is 17.8 Å². The lowest BCUT2D eigenvalue weighted by molar-refractivity contribution is 0.0520. The summed E-state index contributed by atoms with van der Waals surface area (Å²) >= 11 is 1.55. The zero-order valence-corrected chi connectivity index (χ0v) is 15.3. The first-order valence-corrected chi connectivity index (χ1v) is 10.0. The summed E-state index contributed by atoms with van der Waals surface area (Å²) in [6, 6.07) is 6.91. The number of nitrogens with one attached hydrogen (secondary N) is 2. The van der Waals surface area contributed by atoms with E-state index < -0.39 is 16.0 Å². The van der Waals surface area contributed by atoms with E-state index in [1.54, 1.807) is 49.9 Å². The second-order valence-corrected chi connectivity index (χ2v) is 7.27. The Morgan fingerprint density at radius 1 is 1.29 bits per heavy atom. The molecule has 1 aromatic carbocycles. The maximum Gasteiger partial charge on any atom is 0.343 e. The Labute approximate surface area is 145 Å². The molecule has 2 N–H and O–H groups in total. The Morgan fingerprint density at radius 2 is 1.96 bits per heavy atom. The highest BCUT2D eigenvalue weighted by atomic mass is 32.2. The van der Waals surface area contributed by atoms with Crippen LogP contribution in [0.5, 0.6) is 0 Å². The van der Waals surface area contributed by atoms with Gasteiger partial charge in [-0.25, -0.2) is 4.79 Å². The van der Waals surface area contributed by atoms with Gasteiger partial charge < -0.3 is 4.74 Å². The fourth-order valence-corrected chi connectivity index (χ4v) is 3.68. The van der Waals surface area contributed by atoms with E-state index in [0.717, 1.165) is 4.90 Å². The third-order valence-corrected chi connectivity index (χ3v) is 5.29. The highest BCUT2D eigenvalue weighted by Gasteiger charge is 2.30. The molecule has 0 fully saturated rings. The number of aryl methyl sites for hydroxylation is 1. The second kappa shape index (κ2) is 7.71. The lowest BCUT2D eigenvalue weighted by Gasteiger charge is -2.08. The summed E-state index contributed by atoms with van der Waals surface area (Å²) in [5, 5.41) is 6.06. The van der Waals surface area contributed by atoms with Gasteiger partial charge in [0.1, 0.15) is 5.56 Å². The number of thioether (sulfide) groups is 1. The number of hydrogen-bond donors (Lipinski definition) is 2. The fraction of sp³-hybridized carbons (Fsp3) is 0.333. The van der Waals surface area contributed by atoms with Gasteiger partial charge >= 0.3 is 5.97 Å². The van der Waals surface area contributed by atoms with Crippen LogP contribution in [0.3, 0.4) is 0 Å². The third-order valence-electron chi connectivity index (χ3n) is 3.24. The quantitative estimate of drug-likeness (QED) is 0.575. The number of nitrogens with zero attached hydrogens (tertiary/aromatic N) is 1. The van der Waals surface area contributed by atoms with E-state index in [-0.39, 0.29) is 17.2 Å². The minimum absolute atomic E-state index is 0.0485. The molecule has 7 nitrogen and oxygen atoms in total. The lowest BCUT2D eigenvalue weighted by atomic mass is 10.2. The second-order valence-electron chi connectivity index (χ2n) is 4.79. The average molecular weight is 369 g/mol. The Balaban J connectivity index is 2.38. The van der Waals surface area contributed by atoms with Crippen LogP contribution in [-0.4, -0.2) is 37.4 Å². The normalized spacial score (nSPS) is 11.3. The van der Waals surface area contributed by atoms with Gasteiger partial charge in [-0.05, 0) is 43.9 Å². The zero-order chi connectivity index (χ0) is 17.7. The van der Waals surface area contributed by atoms with Crippen molar-refractivity contribution < 1.29 is 17.9 Å². The highest BCUT2D eigenvalue weighted by Crippen LogP contribution is 2.23. The number of aromatic amines is 1. The largest absolute Gasteiger partial charge is 0.462 e. The predicted molar refractivity (Wildman–Crippen MR) is 93.0 cm³/mol. The molecule has 9 heteroatoms. The summed E-state index contributed by atoms with van der Waals surface area (Å²) in [6.45, 7) is 3.60. The molecule has 0 aliphatic rings. The molecule has 1 heterocycles. The van der Waals surface area contributed by atoms with Crippen molar-refractivity contribution in [3.05, 3.63) is 35.5 Å². The minimum atomic E-state index is -4.02. The van der Waals surface area contributed by atoms with Crippen molar-refractivity contribution in [1.82, 2.24) is 10.2 Å². The molecule has 1 aromatic heterocycles. The van der Waals surface area contributed by atoms with Crippen LogP contribution < -0.4 is 4.72 Å². The predicted octanol–water partition coefficient (Wildman–Crippen LogP) is 2.67.